The van der Waals surface area contributed by atoms with Crippen LogP contribution in [0.4, 0.5) is 5.69 Å². The van der Waals surface area contributed by atoms with E-state index in [-0.39, 0.29) is 21.9 Å². The summed E-state index contributed by atoms with van der Waals surface area (Å²) in [6.45, 7) is 2.86. The van der Waals surface area contributed by atoms with Crippen LogP contribution in [0.2, 0.25) is 0 Å². The van der Waals surface area contributed by atoms with Crippen LogP contribution in [0.5, 0.6) is 0 Å². The summed E-state index contributed by atoms with van der Waals surface area (Å²) in [4.78, 5) is 14.6. The zero-order chi connectivity index (χ0) is 23.4. The number of piperidine rings is 1. The van der Waals surface area contributed by atoms with Crippen molar-refractivity contribution in [2.24, 2.45) is 0 Å². The highest BCUT2D eigenvalue weighted by Gasteiger charge is 2.27. The lowest BCUT2D eigenvalue weighted by Gasteiger charge is -2.25. The Morgan fingerprint density at radius 2 is 1.79 bits per heavy atom. The molecule has 1 fully saturated rings. The summed E-state index contributed by atoms with van der Waals surface area (Å²) in [7, 11) is -1.84. The molecule has 1 aromatic heterocycles. The Morgan fingerprint density at radius 1 is 1.06 bits per heavy atom. The van der Waals surface area contributed by atoms with Crippen molar-refractivity contribution in [2.45, 2.75) is 41.6 Å². The number of nitrogens with zero attached hydrogens (tertiary/aromatic N) is 4. The van der Waals surface area contributed by atoms with Crippen molar-refractivity contribution in [3.8, 4) is 11.5 Å². The molecule has 0 saturated carbocycles. The van der Waals surface area contributed by atoms with Crippen LogP contribution in [0.3, 0.4) is 0 Å². The molecule has 3 aromatic rings. The van der Waals surface area contributed by atoms with Crippen LogP contribution < -0.4 is 4.90 Å². The van der Waals surface area contributed by atoms with Crippen LogP contribution in [0, 0.1) is 0 Å². The van der Waals surface area contributed by atoms with Crippen LogP contribution in [-0.2, 0) is 14.8 Å². The second kappa shape index (κ2) is 10.1. The Morgan fingerprint density at radius 3 is 2.52 bits per heavy atom. The standard InChI is InChI=1S/C23H26N4O4S2/c1-17(22(28)26(2)19-11-5-3-6-12-19)32-23-25-24-21(31-23)18-10-9-13-20(16-18)33(29,30)27-14-7-4-8-15-27/h3,5-6,9-13,16-17H,4,7-8,14-15H2,1-2H3. The quantitative estimate of drug-likeness (QED) is 0.465. The smallest absolute Gasteiger partial charge is 0.277 e. The summed E-state index contributed by atoms with van der Waals surface area (Å²) < 4.78 is 33.3. The zero-order valence-electron chi connectivity index (χ0n) is 18.5. The van der Waals surface area contributed by atoms with E-state index in [1.54, 1.807) is 43.1 Å². The third kappa shape index (κ3) is 5.29. The van der Waals surface area contributed by atoms with Crippen molar-refractivity contribution in [3.63, 3.8) is 0 Å². The molecule has 4 rings (SSSR count). The Kier molecular flexibility index (Phi) is 7.16. The number of hydrogen-bond donors (Lipinski definition) is 0. The van der Waals surface area contributed by atoms with Gasteiger partial charge in [-0.2, -0.15) is 4.31 Å². The summed E-state index contributed by atoms with van der Waals surface area (Å²) in [6, 6.07) is 15.9. The van der Waals surface area contributed by atoms with Crippen LogP contribution in [0.1, 0.15) is 26.2 Å². The van der Waals surface area contributed by atoms with Gasteiger partial charge in [0.05, 0.1) is 10.1 Å². The zero-order valence-corrected chi connectivity index (χ0v) is 20.2. The highest BCUT2D eigenvalue weighted by Crippen LogP contribution is 2.29. The van der Waals surface area contributed by atoms with Gasteiger partial charge in [0.1, 0.15) is 0 Å². The Balaban J connectivity index is 1.47. The van der Waals surface area contributed by atoms with Gasteiger partial charge in [0, 0.05) is 31.4 Å². The number of carbonyl (C=O) groups excluding carboxylic acids is 1. The number of anilines is 1. The van der Waals surface area contributed by atoms with Crippen molar-refractivity contribution in [1.82, 2.24) is 14.5 Å². The molecule has 1 unspecified atom stereocenters. The molecule has 2 heterocycles. The van der Waals surface area contributed by atoms with Crippen LogP contribution in [-0.4, -0.2) is 54.2 Å². The number of sulfonamides is 1. The van der Waals surface area contributed by atoms with Gasteiger partial charge in [0.15, 0.2) is 0 Å². The van der Waals surface area contributed by atoms with E-state index in [9.17, 15) is 13.2 Å². The molecule has 1 atom stereocenters. The average molecular weight is 487 g/mol. The van der Waals surface area contributed by atoms with Crippen molar-refractivity contribution in [3.05, 3.63) is 54.6 Å². The molecule has 0 N–H and O–H groups in total. The molecule has 8 nitrogen and oxygen atoms in total. The van der Waals surface area contributed by atoms with Gasteiger partial charge < -0.3 is 9.32 Å². The second-order valence-corrected chi connectivity index (χ2v) is 11.1. The van der Waals surface area contributed by atoms with E-state index in [0.29, 0.717) is 18.7 Å². The van der Waals surface area contributed by atoms with E-state index in [1.165, 1.54) is 4.31 Å². The number of carbonyl (C=O) groups is 1. The Bertz CT molecular complexity index is 1210. The fourth-order valence-corrected chi connectivity index (χ4v) is 6.01. The van der Waals surface area contributed by atoms with E-state index in [2.05, 4.69) is 10.2 Å². The first-order valence-corrected chi connectivity index (χ1v) is 13.1. The van der Waals surface area contributed by atoms with E-state index in [0.717, 1.165) is 36.7 Å². The largest absolute Gasteiger partial charge is 0.411 e. The predicted molar refractivity (Wildman–Crippen MR) is 128 cm³/mol. The Labute approximate surface area is 198 Å². The first-order chi connectivity index (χ1) is 15.9. The van der Waals surface area contributed by atoms with Crippen LogP contribution in [0.25, 0.3) is 11.5 Å². The van der Waals surface area contributed by atoms with E-state index >= 15 is 0 Å². The summed E-state index contributed by atoms with van der Waals surface area (Å²) in [5.74, 6) is 0.116. The molecule has 0 radical (unpaired) electrons. The molecule has 0 bridgehead atoms. The van der Waals surface area contributed by atoms with E-state index in [4.69, 9.17) is 4.42 Å². The minimum Gasteiger partial charge on any atom is -0.411 e. The number of benzene rings is 2. The van der Waals surface area contributed by atoms with E-state index < -0.39 is 15.3 Å². The van der Waals surface area contributed by atoms with Gasteiger partial charge in [-0.3, -0.25) is 4.79 Å². The molecular weight excluding hydrogens is 460 g/mol. The molecule has 10 heteroatoms. The highest BCUT2D eigenvalue weighted by molar-refractivity contribution is 8.00. The number of rotatable bonds is 7. The van der Waals surface area contributed by atoms with Gasteiger partial charge >= 0.3 is 0 Å². The fraction of sp³-hybridized carbons (Fsp3) is 0.348. The maximum atomic E-state index is 13.0. The number of para-hydroxylation sites is 1. The normalized spacial score (nSPS) is 15.8. The maximum Gasteiger partial charge on any atom is 0.277 e. The lowest BCUT2D eigenvalue weighted by Crippen LogP contribution is -2.35. The molecule has 33 heavy (non-hydrogen) atoms. The SMILES string of the molecule is CC(Sc1nnc(-c2cccc(S(=O)(=O)N3CCCCC3)c2)o1)C(=O)N(C)c1ccccc1. The monoisotopic (exact) mass is 486 g/mol. The molecular formula is C23H26N4O4S2. The van der Waals surface area contributed by atoms with Gasteiger partial charge in [-0.1, -0.05) is 42.4 Å². The Hall–Kier alpha value is -2.69. The van der Waals surface area contributed by atoms with Gasteiger partial charge in [-0.05, 0) is 50.1 Å². The van der Waals surface area contributed by atoms with E-state index in [1.807, 2.05) is 30.3 Å². The topological polar surface area (TPSA) is 96.6 Å². The van der Waals surface area contributed by atoms with Crippen molar-refractivity contribution < 1.29 is 17.6 Å². The maximum absolute atomic E-state index is 13.0. The first kappa shape index (κ1) is 23.5. The summed E-state index contributed by atoms with van der Waals surface area (Å²) in [6.07, 6.45) is 2.80. The molecule has 1 saturated heterocycles. The third-order valence-corrected chi connectivity index (χ3v) is 8.36. The molecule has 0 aliphatic carbocycles. The summed E-state index contributed by atoms with van der Waals surface area (Å²) >= 11 is 1.16. The molecule has 174 valence electrons. The van der Waals surface area contributed by atoms with Gasteiger partial charge in [0.2, 0.25) is 21.8 Å². The second-order valence-electron chi connectivity index (χ2n) is 7.86. The number of aromatic nitrogens is 2. The van der Waals surface area contributed by atoms with Crippen molar-refractivity contribution in [1.29, 1.82) is 0 Å². The number of thioether (sulfide) groups is 1. The fourth-order valence-electron chi connectivity index (χ4n) is 3.67. The summed E-state index contributed by atoms with van der Waals surface area (Å²) in [5.41, 5.74) is 1.32. The van der Waals surface area contributed by atoms with Gasteiger partial charge in [0.25, 0.3) is 5.22 Å². The van der Waals surface area contributed by atoms with Gasteiger partial charge in [-0.25, -0.2) is 8.42 Å². The van der Waals surface area contributed by atoms with Crippen LogP contribution >= 0.6 is 11.8 Å². The minimum atomic E-state index is -3.56. The summed E-state index contributed by atoms with van der Waals surface area (Å²) in [5, 5.41) is 7.91. The lowest BCUT2D eigenvalue weighted by molar-refractivity contribution is -0.117. The van der Waals surface area contributed by atoms with Crippen LogP contribution in [0.15, 0.2) is 69.1 Å². The molecule has 1 aliphatic rings. The highest BCUT2D eigenvalue weighted by atomic mass is 32.2. The van der Waals surface area contributed by atoms with Gasteiger partial charge in [-0.15, -0.1) is 10.2 Å². The molecule has 1 amide bonds. The number of hydrogen-bond acceptors (Lipinski definition) is 7. The first-order valence-electron chi connectivity index (χ1n) is 10.8. The van der Waals surface area contributed by atoms with Crippen molar-refractivity contribution in [2.75, 3.05) is 25.0 Å². The molecule has 2 aromatic carbocycles. The van der Waals surface area contributed by atoms with Crippen molar-refractivity contribution >= 4 is 33.4 Å². The molecule has 0 spiro atoms. The minimum absolute atomic E-state index is 0.0967. The lowest BCUT2D eigenvalue weighted by atomic mass is 10.2. The third-order valence-electron chi connectivity index (χ3n) is 5.54. The average Bonchev–Trinajstić information content (AvgIpc) is 3.32. The predicted octanol–water partition coefficient (Wildman–Crippen LogP) is 4.05. The molecule has 1 aliphatic heterocycles. The number of amides is 1.